The van der Waals surface area contributed by atoms with Crippen molar-refractivity contribution in [3.8, 4) is 0 Å². The Morgan fingerprint density at radius 1 is 1.09 bits per heavy atom. The third-order valence-corrected chi connectivity index (χ3v) is 5.55. The van der Waals surface area contributed by atoms with Gasteiger partial charge in [0.05, 0.1) is 0 Å². The number of hydrogen-bond acceptors (Lipinski definition) is 4. The van der Waals surface area contributed by atoms with Gasteiger partial charge in [0.25, 0.3) is 5.91 Å². The number of amides is 1. The second-order valence-electron chi connectivity index (χ2n) is 6.95. The highest BCUT2D eigenvalue weighted by Crippen LogP contribution is 2.25. The van der Waals surface area contributed by atoms with E-state index in [9.17, 15) is 4.79 Å². The fourth-order valence-corrected chi connectivity index (χ4v) is 3.79. The summed E-state index contributed by atoms with van der Waals surface area (Å²) < 4.78 is 0. The second-order valence-corrected chi connectivity index (χ2v) is 6.95. The van der Waals surface area contributed by atoms with Crippen molar-refractivity contribution in [1.29, 1.82) is 0 Å². The van der Waals surface area contributed by atoms with Gasteiger partial charge in [0.15, 0.2) is 0 Å². The van der Waals surface area contributed by atoms with Crippen molar-refractivity contribution in [2.45, 2.75) is 25.8 Å². The summed E-state index contributed by atoms with van der Waals surface area (Å²) in [7, 11) is 2.20. The van der Waals surface area contributed by atoms with E-state index in [-0.39, 0.29) is 5.91 Å². The van der Waals surface area contributed by atoms with Crippen LogP contribution in [0, 0.1) is 5.92 Å². The van der Waals surface area contributed by atoms with E-state index >= 15 is 0 Å². The minimum atomic E-state index is 0.151. The van der Waals surface area contributed by atoms with Crippen molar-refractivity contribution < 1.29 is 4.79 Å². The maximum Gasteiger partial charge on any atom is 0.253 e. The van der Waals surface area contributed by atoms with Crippen LogP contribution in [0.3, 0.4) is 0 Å². The van der Waals surface area contributed by atoms with Gasteiger partial charge in [-0.25, -0.2) is 0 Å². The fourth-order valence-electron chi connectivity index (χ4n) is 3.79. The normalized spacial score (nSPS) is 23.0. The lowest BCUT2D eigenvalue weighted by molar-refractivity contribution is 0.0500. The Hall–Kier alpha value is -1.46. The molecule has 5 heteroatoms. The molecule has 0 spiro atoms. The predicted molar refractivity (Wildman–Crippen MR) is 91.4 cm³/mol. The number of piperazine rings is 1. The van der Waals surface area contributed by atoms with E-state index in [0.717, 1.165) is 31.5 Å². The number of carbonyl (C=O) groups excluding carboxylic acids is 1. The molecule has 0 bridgehead atoms. The van der Waals surface area contributed by atoms with E-state index in [0.29, 0.717) is 12.0 Å². The first-order chi connectivity index (χ1) is 11.1. The van der Waals surface area contributed by atoms with Gasteiger partial charge in [0.2, 0.25) is 0 Å². The lowest BCUT2D eigenvalue weighted by atomic mass is 9.89. The SMILES string of the molecule is C[C@@H](C1CCN(C(=O)c2ccncc2)CC1)N1CCN(C)CC1. The van der Waals surface area contributed by atoms with Gasteiger partial charge in [-0.15, -0.1) is 0 Å². The molecule has 0 aliphatic carbocycles. The largest absolute Gasteiger partial charge is 0.339 e. The van der Waals surface area contributed by atoms with E-state index in [1.165, 1.54) is 26.2 Å². The molecular weight excluding hydrogens is 288 g/mol. The number of likely N-dealkylation sites (N-methyl/N-ethyl adjacent to an activating group) is 1. The van der Waals surface area contributed by atoms with Crippen molar-refractivity contribution in [2.24, 2.45) is 5.92 Å². The molecule has 0 N–H and O–H groups in total. The Balaban J connectivity index is 1.51. The molecule has 3 rings (SSSR count). The number of rotatable bonds is 3. The van der Waals surface area contributed by atoms with E-state index in [2.05, 4.69) is 28.8 Å². The molecule has 2 aliphatic heterocycles. The average molecular weight is 316 g/mol. The summed E-state index contributed by atoms with van der Waals surface area (Å²) in [5, 5.41) is 0. The Kier molecular flexibility index (Phi) is 5.28. The summed E-state index contributed by atoms with van der Waals surface area (Å²) in [4.78, 5) is 23.5. The topological polar surface area (TPSA) is 39.7 Å². The number of piperidine rings is 1. The van der Waals surface area contributed by atoms with Crippen molar-refractivity contribution >= 4 is 5.91 Å². The lowest BCUT2D eigenvalue weighted by Crippen LogP contribution is -2.52. The number of hydrogen-bond donors (Lipinski definition) is 0. The highest BCUT2D eigenvalue weighted by atomic mass is 16.2. The lowest BCUT2D eigenvalue weighted by Gasteiger charge is -2.42. The zero-order valence-corrected chi connectivity index (χ0v) is 14.3. The monoisotopic (exact) mass is 316 g/mol. The molecule has 126 valence electrons. The smallest absolute Gasteiger partial charge is 0.253 e. The summed E-state index contributed by atoms with van der Waals surface area (Å²) in [5.74, 6) is 0.859. The average Bonchev–Trinajstić information content (AvgIpc) is 2.62. The van der Waals surface area contributed by atoms with Crippen LogP contribution in [0.5, 0.6) is 0 Å². The third-order valence-electron chi connectivity index (χ3n) is 5.55. The van der Waals surface area contributed by atoms with Gasteiger partial charge >= 0.3 is 0 Å². The van der Waals surface area contributed by atoms with Crippen LogP contribution < -0.4 is 0 Å². The number of carbonyl (C=O) groups is 1. The van der Waals surface area contributed by atoms with E-state index in [1.54, 1.807) is 24.5 Å². The van der Waals surface area contributed by atoms with Gasteiger partial charge in [-0.3, -0.25) is 14.7 Å². The molecule has 2 saturated heterocycles. The van der Waals surface area contributed by atoms with Crippen molar-refractivity contribution in [1.82, 2.24) is 19.7 Å². The molecule has 3 heterocycles. The molecule has 0 unspecified atom stereocenters. The molecule has 1 aromatic heterocycles. The zero-order valence-electron chi connectivity index (χ0n) is 14.3. The molecule has 1 atom stereocenters. The first-order valence-corrected chi connectivity index (χ1v) is 8.77. The molecule has 2 aliphatic rings. The quantitative estimate of drug-likeness (QED) is 0.849. The Morgan fingerprint density at radius 3 is 2.30 bits per heavy atom. The number of likely N-dealkylation sites (tertiary alicyclic amines) is 1. The molecule has 0 saturated carbocycles. The molecule has 0 radical (unpaired) electrons. The minimum absolute atomic E-state index is 0.151. The molecule has 1 amide bonds. The van der Waals surface area contributed by atoms with Crippen LogP contribution in [0.2, 0.25) is 0 Å². The summed E-state index contributed by atoms with van der Waals surface area (Å²) in [6.45, 7) is 8.82. The zero-order chi connectivity index (χ0) is 16.2. The highest BCUT2D eigenvalue weighted by Gasteiger charge is 2.30. The minimum Gasteiger partial charge on any atom is -0.339 e. The van der Waals surface area contributed by atoms with E-state index in [1.807, 2.05) is 4.90 Å². The van der Waals surface area contributed by atoms with Crippen LogP contribution in [0.25, 0.3) is 0 Å². The summed E-state index contributed by atoms with van der Waals surface area (Å²) in [6.07, 6.45) is 5.61. The first kappa shape index (κ1) is 16.4. The summed E-state index contributed by atoms with van der Waals surface area (Å²) in [6, 6.07) is 4.24. The number of nitrogens with zero attached hydrogens (tertiary/aromatic N) is 4. The van der Waals surface area contributed by atoms with E-state index < -0.39 is 0 Å². The summed E-state index contributed by atoms with van der Waals surface area (Å²) in [5.41, 5.74) is 0.755. The van der Waals surface area contributed by atoms with Gasteiger partial charge in [-0.1, -0.05) is 0 Å². The van der Waals surface area contributed by atoms with Gasteiger partial charge in [-0.2, -0.15) is 0 Å². The summed E-state index contributed by atoms with van der Waals surface area (Å²) >= 11 is 0. The fraction of sp³-hybridized carbons (Fsp3) is 0.667. The Morgan fingerprint density at radius 2 is 1.70 bits per heavy atom. The molecule has 5 nitrogen and oxygen atoms in total. The van der Waals surface area contributed by atoms with Crippen LogP contribution in [0.4, 0.5) is 0 Å². The standard InChI is InChI=1S/C18H28N4O/c1-15(21-13-11-20(2)12-14-21)16-5-9-22(10-6-16)18(23)17-3-7-19-8-4-17/h3-4,7-8,15-16H,5-6,9-14H2,1-2H3/t15-/m0/s1. The maximum absolute atomic E-state index is 12.5. The molecular formula is C18H28N4O. The third kappa shape index (κ3) is 3.90. The Bertz CT molecular complexity index is 505. The number of pyridine rings is 1. The van der Waals surface area contributed by atoms with E-state index in [4.69, 9.17) is 0 Å². The van der Waals surface area contributed by atoms with Crippen LogP contribution in [0.15, 0.2) is 24.5 Å². The van der Waals surface area contributed by atoms with Crippen LogP contribution in [-0.2, 0) is 0 Å². The molecule has 0 aromatic carbocycles. The maximum atomic E-state index is 12.5. The highest BCUT2D eigenvalue weighted by molar-refractivity contribution is 5.94. The van der Waals surface area contributed by atoms with Crippen LogP contribution in [-0.4, -0.2) is 77.9 Å². The van der Waals surface area contributed by atoms with Crippen molar-refractivity contribution in [3.63, 3.8) is 0 Å². The predicted octanol–water partition coefficient (Wildman–Crippen LogP) is 1.57. The van der Waals surface area contributed by atoms with Crippen LogP contribution in [0.1, 0.15) is 30.1 Å². The van der Waals surface area contributed by atoms with Crippen LogP contribution >= 0.6 is 0 Å². The molecule has 23 heavy (non-hydrogen) atoms. The first-order valence-electron chi connectivity index (χ1n) is 8.77. The second kappa shape index (κ2) is 7.41. The van der Waals surface area contributed by atoms with Gasteiger partial charge < -0.3 is 9.80 Å². The van der Waals surface area contributed by atoms with Gasteiger partial charge in [-0.05, 0) is 44.9 Å². The van der Waals surface area contributed by atoms with Crippen molar-refractivity contribution in [2.75, 3.05) is 46.3 Å². The van der Waals surface area contributed by atoms with Gasteiger partial charge in [0, 0.05) is 63.3 Å². The molecule has 1 aromatic rings. The van der Waals surface area contributed by atoms with Gasteiger partial charge in [0.1, 0.15) is 0 Å². The molecule has 2 fully saturated rings. The number of aromatic nitrogens is 1. The Labute approximate surface area is 139 Å². The van der Waals surface area contributed by atoms with Crippen molar-refractivity contribution in [3.05, 3.63) is 30.1 Å².